The van der Waals surface area contributed by atoms with Crippen molar-refractivity contribution in [1.29, 1.82) is 0 Å². The van der Waals surface area contributed by atoms with Gasteiger partial charge in [0.25, 0.3) is 10.0 Å². The molecule has 0 aliphatic rings. The summed E-state index contributed by atoms with van der Waals surface area (Å²) in [6.07, 6.45) is 1.41. The van der Waals surface area contributed by atoms with Crippen LogP contribution < -0.4 is 10.0 Å². The van der Waals surface area contributed by atoms with E-state index in [1.54, 1.807) is 12.1 Å². The summed E-state index contributed by atoms with van der Waals surface area (Å²) in [6.45, 7) is 0. The zero-order valence-corrected chi connectivity index (χ0v) is 11.8. The van der Waals surface area contributed by atoms with Gasteiger partial charge in [0, 0.05) is 13.2 Å². The quantitative estimate of drug-likeness (QED) is 0.643. The van der Waals surface area contributed by atoms with Crippen molar-refractivity contribution in [1.82, 2.24) is 4.98 Å². The Morgan fingerprint density at radius 1 is 1.19 bits per heavy atom. The number of pyridine rings is 1. The second-order valence-electron chi connectivity index (χ2n) is 3.98. The number of aromatic nitrogens is 1. The van der Waals surface area contributed by atoms with Crippen molar-refractivity contribution in [3.63, 3.8) is 0 Å². The van der Waals surface area contributed by atoms with Crippen molar-refractivity contribution in [3.05, 3.63) is 52.7 Å². The molecule has 1 aromatic heterocycles. The van der Waals surface area contributed by atoms with Crippen LogP contribution in [0.5, 0.6) is 0 Å². The number of nitro groups is 1. The summed E-state index contributed by atoms with van der Waals surface area (Å²) in [4.78, 5) is 13.8. The summed E-state index contributed by atoms with van der Waals surface area (Å²) in [5.41, 5.74) is -0.396. The Balaban J connectivity index is 2.52. The van der Waals surface area contributed by atoms with Gasteiger partial charge in [0.05, 0.1) is 4.92 Å². The second-order valence-corrected chi connectivity index (χ2v) is 5.63. The first-order chi connectivity index (χ1) is 9.95. The van der Waals surface area contributed by atoms with E-state index in [0.29, 0.717) is 0 Å². The van der Waals surface area contributed by atoms with E-state index in [1.165, 1.54) is 37.5 Å². The fourth-order valence-corrected chi connectivity index (χ4v) is 2.95. The van der Waals surface area contributed by atoms with Crippen LogP contribution in [0.1, 0.15) is 0 Å². The first-order valence-electron chi connectivity index (χ1n) is 5.84. The summed E-state index contributed by atoms with van der Waals surface area (Å²) in [7, 11) is -2.64. The zero-order valence-electron chi connectivity index (χ0n) is 11.0. The Morgan fingerprint density at radius 2 is 1.95 bits per heavy atom. The Bertz CT molecular complexity index is 762. The van der Waals surface area contributed by atoms with Gasteiger partial charge in [-0.3, -0.25) is 14.8 Å². The summed E-state index contributed by atoms with van der Waals surface area (Å²) in [5.74, 6) is 0.0849. The lowest BCUT2D eigenvalue weighted by Gasteiger charge is -2.09. The summed E-state index contributed by atoms with van der Waals surface area (Å²) in [6, 6.07) is 8.70. The van der Waals surface area contributed by atoms with E-state index in [0.717, 1.165) is 0 Å². The third-order valence-corrected chi connectivity index (χ3v) is 4.03. The number of anilines is 2. The number of benzene rings is 1. The molecule has 0 unspecified atom stereocenters. The van der Waals surface area contributed by atoms with E-state index < -0.39 is 25.5 Å². The minimum Gasteiger partial charge on any atom is -0.383 e. The number of nitro benzene ring substituents is 1. The van der Waals surface area contributed by atoms with Crippen LogP contribution in [0.2, 0.25) is 0 Å². The van der Waals surface area contributed by atoms with E-state index >= 15 is 0 Å². The summed E-state index contributed by atoms with van der Waals surface area (Å²) < 4.78 is 26.8. The Hall–Kier alpha value is -2.68. The van der Waals surface area contributed by atoms with Crippen molar-refractivity contribution in [2.24, 2.45) is 0 Å². The maximum Gasteiger partial charge on any atom is 0.312 e. The van der Waals surface area contributed by atoms with Crippen molar-refractivity contribution >= 4 is 27.2 Å². The predicted octanol–water partition coefficient (Wildman–Crippen LogP) is 1.83. The van der Waals surface area contributed by atoms with Gasteiger partial charge in [0.15, 0.2) is 4.90 Å². The number of nitrogens with one attached hydrogen (secondary N) is 2. The maximum absolute atomic E-state index is 12.3. The Labute approximate surface area is 121 Å². The van der Waals surface area contributed by atoms with Gasteiger partial charge < -0.3 is 5.32 Å². The van der Waals surface area contributed by atoms with Gasteiger partial charge in [-0.2, -0.15) is 0 Å². The fraction of sp³-hybridized carbons (Fsp3) is 0.0833. The van der Waals surface area contributed by atoms with Crippen molar-refractivity contribution in [2.45, 2.75) is 4.90 Å². The van der Waals surface area contributed by atoms with Gasteiger partial charge in [-0.15, -0.1) is 0 Å². The number of hydrogen-bond acceptors (Lipinski definition) is 6. The van der Waals surface area contributed by atoms with Crippen molar-refractivity contribution < 1.29 is 13.3 Å². The molecule has 110 valence electrons. The lowest BCUT2D eigenvalue weighted by Crippen LogP contribution is -2.16. The molecule has 21 heavy (non-hydrogen) atoms. The highest BCUT2D eigenvalue weighted by atomic mass is 32.2. The lowest BCUT2D eigenvalue weighted by atomic mass is 10.3. The van der Waals surface area contributed by atoms with E-state index in [2.05, 4.69) is 15.0 Å². The third kappa shape index (κ3) is 3.08. The number of para-hydroxylation sites is 1. The third-order valence-electron chi connectivity index (χ3n) is 2.64. The fourth-order valence-electron chi connectivity index (χ4n) is 1.75. The smallest absolute Gasteiger partial charge is 0.312 e. The average molecular weight is 308 g/mol. The Kier molecular flexibility index (Phi) is 4.03. The SMILES string of the molecule is CNc1cccc(S(=O)(=O)Nc2ccccn2)c1[N+](=O)[O-]. The molecule has 8 nitrogen and oxygen atoms in total. The lowest BCUT2D eigenvalue weighted by molar-refractivity contribution is -0.386. The minimum absolute atomic E-state index is 0.0849. The van der Waals surface area contributed by atoms with Gasteiger partial charge in [-0.25, -0.2) is 13.4 Å². The molecule has 2 aromatic rings. The first-order valence-corrected chi connectivity index (χ1v) is 7.33. The van der Waals surface area contributed by atoms with Crippen LogP contribution in [-0.4, -0.2) is 25.4 Å². The average Bonchev–Trinajstić information content (AvgIpc) is 2.46. The molecule has 1 heterocycles. The van der Waals surface area contributed by atoms with Crippen LogP contribution in [0.4, 0.5) is 17.2 Å². The van der Waals surface area contributed by atoms with E-state index in [1.807, 2.05) is 0 Å². The highest BCUT2D eigenvalue weighted by molar-refractivity contribution is 7.92. The zero-order chi connectivity index (χ0) is 15.5. The molecule has 0 aliphatic heterocycles. The number of nitrogens with zero attached hydrogens (tertiary/aromatic N) is 2. The van der Waals surface area contributed by atoms with E-state index in [-0.39, 0.29) is 11.5 Å². The van der Waals surface area contributed by atoms with Crippen LogP contribution in [0.3, 0.4) is 0 Å². The molecule has 1 aromatic carbocycles. The van der Waals surface area contributed by atoms with Crippen molar-refractivity contribution in [3.8, 4) is 0 Å². The molecule has 0 radical (unpaired) electrons. The number of sulfonamides is 1. The van der Waals surface area contributed by atoms with Crippen LogP contribution in [0.15, 0.2) is 47.5 Å². The molecular weight excluding hydrogens is 296 g/mol. The molecule has 0 spiro atoms. The van der Waals surface area contributed by atoms with Gasteiger partial charge in [-0.1, -0.05) is 12.1 Å². The molecule has 0 saturated carbocycles. The first kappa shape index (κ1) is 14.7. The molecule has 2 rings (SSSR count). The molecule has 9 heteroatoms. The molecule has 0 bridgehead atoms. The molecular formula is C12H12N4O4S. The Morgan fingerprint density at radius 3 is 2.52 bits per heavy atom. The van der Waals surface area contributed by atoms with Gasteiger partial charge in [0.1, 0.15) is 11.5 Å². The topological polar surface area (TPSA) is 114 Å². The van der Waals surface area contributed by atoms with Crippen LogP contribution >= 0.6 is 0 Å². The largest absolute Gasteiger partial charge is 0.383 e. The van der Waals surface area contributed by atoms with Crippen LogP contribution in [0, 0.1) is 10.1 Å². The maximum atomic E-state index is 12.3. The molecule has 0 amide bonds. The van der Waals surface area contributed by atoms with E-state index in [9.17, 15) is 18.5 Å². The highest BCUT2D eigenvalue weighted by Crippen LogP contribution is 2.32. The molecule has 0 fully saturated rings. The molecule has 0 aliphatic carbocycles. The minimum atomic E-state index is -4.12. The molecule has 0 saturated heterocycles. The summed E-state index contributed by atoms with van der Waals surface area (Å²) >= 11 is 0. The predicted molar refractivity (Wildman–Crippen MR) is 77.7 cm³/mol. The molecule has 0 atom stereocenters. The summed E-state index contributed by atoms with van der Waals surface area (Å²) in [5, 5.41) is 13.8. The van der Waals surface area contributed by atoms with Gasteiger partial charge in [-0.05, 0) is 24.3 Å². The highest BCUT2D eigenvalue weighted by Gasteiger charge is 2.28. The monoisotopic (exact) mass is 308 g/mol. The molecule has 2 N–H and O–H groups in total. The van der Waals surface area contributed by atoms with Crippen LogP contribution in [0.25, 0.3) is 0 Å². The van der Waals surface area contributed by atoms with Gasteiger partial charge in [0.2, 0.25) is 0 Å². The van der Waals surface area contributed by atoms with Crippen molar-refractivity contribution in [2.75, 3.05) is 17.1 Å². The number of rotatable bonds is 5. The second kappa shape index (κ2) is 5.75. The standard InChI is InChI=1S/C12H12N4O4S/c1-13-9-5-4-6-10(12(9)16(17)18)21(19,20)15-11-7-2-3-8-14-11/h2-8,13H,1H3,(H,14,15). The van der Waals surface area contributed by atoms with Crippen LogP contribution in [-0.2, 0) is 10.0 Å². The normalized spacial score (nSPS) is 10.9. The van der Waals surface area contributed by atoms with E-state index in [4.69, 9.17) is 0 Å². The number of hydrogen-bond donors (Lipinski definition) is 2. The van der Waals surface area contributed by atoms with Gasteiger partial charge >= 0.3 is 5.69 Å².